The first-order valence-corrected chi connectivity index (χ1v) is 8.43. The van der Waals surface area contributed by atoms with Gasteiger partial charge >= 0.3 is 0 Å². The minimum atomic E-state index is -0.257. The smallest absolute Gasteiger partial charge is 0.223 e. The molecule has 0 radical (unpaired) electrons. The molecule has 1 aromatic carbocycles. The highest BCUT2D eigenvalue weighted by Gasteiger charge is 2.27. The van der Waals surface area contributed by atoms with E-state index >= 15 is 0 Å². The highest BCUT2D eigenvalue weighted by Crippen LogP contribution is 2.32. The lowest BCUT2D eigenvalue weighted by Crippen LogP contribution is -2.35. The Morgan fingerprint density at radius 3 is 2.88 bits per heavy atom. The molecule has 0 fully saturated rings. The van der Waals surface area contributed by atoms with E-state index < -0.39 is 0 Å². The fourth-order valence-corrected chi connectivity index (χ4v) is 3.07. The van der Waals surface area contributed by atoms with Crippen molar-refractivity contribution in [3.63, 3.8) is 0 Å². The number of hydrogen-bond acceptors (Lipinski definition) is 3. The van der Waals surface area contributed by atoms with Crippen molar-refractivity contribution in [2.75, 3.05) is 6.54 Å². The fourth-order valence-electron chi connectivity index (χ4n) is 3.07. The molecular formula is C19H22N4O2. The van der Waals surface area contributed by atoms with Crippen LogP contribution in [0.25, 0.3) is 6.08 Å². The molecule has 0 aliphatic carbocycles. The molecule has 0 spiro atoms. The zero-order valence-corrected chi connectivity index (χ0v) is 14.3. The van der Waals surface area contributed by atoms with Crippen molar-refractivity contribution in [1.29, 1.82) is 0 Å². The number of amides is 2. The van der Waals surface area contributed by atoms with Gasteiger partial charge in [-0.2, -0.15) is 0 Å². The number of aryl methyl sites for hydroxylation is 1. The van der Waals surface area contributed by atoms with E-state index in [0.29, 0.717) is 6.54 Å². The van der Waals surface area contributed by atoms with E-state index in [1.165, 1.54) is 6.92 Å². The molecule has 2 amide bonds. The number of nitrogens with one attached hydrogen (secondary N) is 1. The summed E-state index contributed by atoms with van der Waals surface area (Å²) in [7, 11) is 0. The van der Waals surface area contributed by atoms with Crippen molar-refractivity contribution in [1.82, 2.24) is 19.8 Å². The van der Waals surface area contributed by atoms with E-state index in [0.717, 1.165) is 24.1 Å². The Labute approximate surface area is 147 Å². The molecule has 0 unspecified atom stereocenters. The summed E-state index contributed by atoms with van der Waals surface area (Å²) in [5.41, 5.74) is 2.06. The monoisotopic (exact) mass is 338 g/mol. The second-order valence-electron chi connectivity index (χ2n) is 6.09. The third kappa shape index (κ3) is 4.15. The van der Waals surface area contributed by atoms with Gasteiger partial charge in [-0.3, -0.25) is 9.59 Å². The Balaban J connectivity index is 1.58. The molecule has 1 N–H and O–H groups in total. The Bertz CT molecular complexity index is 767. The van der Waals surface area contributed by atoms with E-state index in [2.05, 4.69) is 10.3 Å². The maximum Gasteiger partial charge on any atom is 0.223 e. The molecule has 1 aromatic heterocycles. The van der Waals surface area contributed by atoms with Gasteiger partial charge in [0, 0.05) is 38.6 Å². The topological polar surface area (TPSA) is 67.2 Å². The van der Waals surface area contributed by atoms with Crippen LogP contribution in [-0.4, -0.2) is 32.8 Å². The Kier molecular flexibility index (Phi) is 5.28. The summed E-state index contributed by atoms with van der Waals surface area (Å²) in [4.78, 5) is 29.9. The van der Waals surface area contributed by atoms with Crippen LogP contribution >= 0.6 is 0 Å². The van der Waals surface area contributed by atoms with Gasteiger partial charge in [-0.25, -0.2) is 4.98 Å². The number of nitrogens with zero attached hydrogens (tertiary/aromatic N) is 3. The molecule has 6 nitrogen and oxygen atoms in total. The number of rotatable bonds is 6. The maximum atomic E-state index is 12.4. The van der Waals surface area contributed by atoms with Crippen LogP contribution in [0.4, 0.5) is 0 Å². The molecule has 0 bridgehead atoms. The van der Waals surface area contributed by atoms with Gasteiger partial charge in [-0.1, -0.05) is 24.3 Å². The quantitative estimate of drug-likeness (QED) is 0.822. The number of hydrogen-bond donors (Lipinski definition) is 1. The number of carbonyl (C=O) groups is 2. The number of fused-ring (bicyclic) bond motifs is 1. The van der Waals surface area contributed by atoms with Gasteiger partial charge in [-0.05, 0) is 23.6 Å². The van der Waals surface area contributed by atoms with Crippen LogP contribution in [0.5, 0.6) is 0 Å². The minimum Gasteiger partial charge on any atom is -0.356 e. The van der Waals surface area contributed by atoms with Crippen molar-refractivity contribution in [3.8, 4) is 0 Å². The number of carbonyl (C=O) groups excluding carboxylic acids is 2. The van der Waals surface area contributed by atoms with Gasteiger partial charge in [0.1, 0.15) is 0 Å². The molecule has 1 aliphatic rings. The average Bonchev–Trinajstić information content (AvgIpc) is 3.12. The molecule has 0 saturated heterocycles. The Morgan fingerprint density at radius 1 is 1.28 bits per heavy atom. The SMILES string of the molecule is CC(=O)N1C=Cc2ccccc2[C@@H]1CC(=O)NCCCn1ccnc1. The molecule has 6 heteroatoms. The van der Waals surface area contributed by atoms with Crippen molar-refractivity contribution in [2.45, 2.75) is 32.4 Å². The highest BCUT2D eigenvalue weighted by molar-refractivity contribution is 5.81. The molecule has 3 rings (SSSR count). The zero-order chi connectivity index (χ0) is 17.6. The molecular weight excluding hydrogens is 316 g/mol. The normalized spacial score (nSPS) is 15.7. The average molecular weight is 338 g/mol. The predicted molar refractivity (Wildman–Crippen MR) is 95.2 cm³/mol. The van der Waals surface area contributed by atoms with Crippen LogP contribution in [0.2, 0.25) is 0 Å². The first kappa shape index (κ1) is 17.0. The summed E-state index contributed by atoms with van der Waals surface area (Å²) >= 11 is 0. The third-order valence-electron chi connectivity index (χ3n) is 4.32. The van der Waals surface area contributed by atoms with Gasteiger partial charge in [-0.15, -0.1) is 0 Å². The summed E-state index contributed by atoms with van der Waals surface area (Å²) < 4.78 is 1.98. The molecule has 130 valence electrons. The molecule has 25 heavy (non-hydrogen) atoms. The lowest BCUT2D eigenvalue weighted by Gasteiger charge is -2.32. The summed E-state index contributed by atoms with van der Waals surface area (Å²) in [6.07, 6.45) is 10.2. The Hall–Kier alpha value is -2.89. The summed E-state index contributed by atoms with van der Waals surface area (Å²) in [6, 6.07) is 7.62. The van der Waals surface area contributed by atoms with Crippen LogP contribution in [0.15, 0.2) is 49.2 Å². The lowest BCUT2D eigenvalue weighted by atomic mass is 9.93. The molecule has 1 atom stereocenters. The van der Waals surface area contributed by atoms with E-state index in [-0.39, 0.29) is 24.3 Å². The fraction of sp³-hybridized carbons (Fsp3) is 0.316. The van der Waals surface area contributed by atoms with Gasteiger partial charge in [0.25, 0.3) is 0 Å². The third-order valence-corrected chi connectivity index (χ3v) is 4.32. The number of benzene rings is 1. The second kappa shape index (κ2) is 7.79. The van der Waals surface area contributed by atoms with Gasteiger partial charge in [0.15, 0.2) is 0 Å². The predicted octanol–water partition coefficient (Wildman–Crippen LogP) is 2.35. The van der Waals surface area contributed by atoms with Gasteiger partial charge in [0.2, 0.25) is 11.8 Å². The summed E-state index contributed by atoms with van der Waals surface area (Å²) in [5.74, 6) is -0.115. The second-order valence-corrected chi connectivity index (χ2v) is 6.09. The Morgan fingerprint density at radius 2 is 2.12 bits per heavy atom. The van der Waals surface area contributed by atoms with E-state index in [1.54, 1.807) is 23.6 Å². The van der Waals surface area contributed by atoms with Crippen LogP contribution in [0, 0.1) is 0 Å². The molecule has 1 aliphatic heterocycles. The van der Waals surface area contributed by atoms with Gasteiger partial charge in [0.05, 0.1) is 18.8 Å². The van der Waals surface area contributed by atoms with Crippen LogP contribution in [-0.2, 0) is 16.1 Å². The summed E-state index contributed by atoms with van der Waals surface area (Å²) in [6.45, 7) is 2.93. The van der Waals surface area contributed by atoms with E-state index in [4.69, 9.17) is 0 Å². The molecule has 0 saturated carbocycles. The lowest BCUT2D eigenvalue weighted by molar-refractivity contribution is -0.129. The molecule has 2 heterocycles. The van der Waals surface area contributed by atoms with Crippen molar-refractivity contribution < 1.29 is 9.59 Å². The number of imidazole rings is 1. The first-order chi connectivity index (χ1) is 12.1. The number of aromatic nitrogens is 2. The summed E-state index contributed by atoms with van der Waals surface area (Å²) in [5, 5.41) is 2.95. The molecule has 2 aromatic rings. The first-order valence-electron chi connectivity index (χ1n) is 8.43. The zero-order valence-electron chi connectivity index (χ0n) is 14.3. The van der Waals surface area contributed by atoms with Crippen molar-refractivity contribution in [3.05, 3.63) is 60.3 Å². The van der Waals surface area contributed by atoms with Crippen molar-refractivity contribution >= 4 is 17.9 Å². The van der Waals surface area contributed by atoms with Gasteiger partial charge < -0.3 is 14.8 Å². The minimum absolute atomic E-state index is 0.0491. The van der Waals surface area contributed by atoms with Crippen LogP contribution in [0.1, 0.15) is 36.9 Å². The largest absolute Gasteiger partial charge is 0.356 e. The van der Waals surface area contributed by atoms with E-state index in [9.17, 15) is 9.59 Å². The van der Waals surface area contributed by atoms with Crippen LogP contribution < -0.4 is 5.32 Å². The maximum absolute atomic E-state index is 12.4. The van der Waals surface area contributed by atoms with Crippen LogP contribution in [0.3, 0.4) is 0 Å². The highest BCUT2D eigenvalue weighted by atomic mass is 16.2. The van der Waals surface area contributed by atoms with Crippen molar-refractivity contribution in [2.24, 2.45) is 0 Å². The standard InChI is InChI=1S/C19H22N4O2/c1-15(24)23-11-7-16-5-2-3-6-17(16)18(23)13-19(25)21-8-4-10-22-12-9-20-14-22/h2-3,5-7,9,11-12,14,18H,4,8,10,13H2,1H3,(H,21,25)/t18-/m0/s1. The van der Waals surface area contributed by atoms with E-state index in [1.807, 2.05) is 41.1 Å².